The van der Waals surface area contributed by atoms with Gasteiger partial charge in [-0.25, -0.2) is 9.59 Å². The van der Waals surface area contributed by atoms with Gasteiger partial charge in [-0.1, -0.05) is 0 Å². The van der Waals surface area contributed by atoms with Crippen molar-refractivity contribution in [3.05, 3.63) is 0 Å². The highest BCUT2D eigenvalue weighted by Crippen LogP contribution is 2.29. The Hall–Kier alpha value is -1.30. The van der Waals surface area contributed by atoms with Crippen molar-refractivity contribution in [2.45, 2.75) is 78.2 Å². The summed E-state index contributed by atoms with van der Waals surface area (Å²) in [5.41, 5.74) is -0.605. The molecule has 0 aromatic heterocycles. The lowest BCUT2D eigenvalue weighted by Crippen LogP contribution is -2.44. The van der Waals surface area contributed by atoms with Gasteiger partial charge in [0.05, 0.1) is 6.10 Å². The highest BCUT2D eigenvalue weighted by Gasteiger charge is 2.27. The standard InChI is InChI=1S/C16H29NO5/c1-10(17-15(19)22-16(4,5)6)14(18)21-12(3)11(2)20-9-13-7-8-13/h10-13H,7-9H2,1-6H3,(H,17,19)/t10-,11+,12-/m0/s1. The van der Waals surface area contributed by atoms with Crippen LogP contribution in [-0.2, 0) is 19.0 Å². The summed E-state index contributed by atoms with van der Waals surface area (Å²) in [4.78, 5) is 23.6. The van der Waals surface area contributed by atoms with Crippen LogP contribution < -0.4 is 5.32 Å². The molecule has 6 nitrogen and oxygen atoms in total. The number of esters is 1. The zero-order chi connectivity index (χ0) is 16.9. The third-order valence-electron chi connectivity index (χ3n) is 3.34. The molecule has 0 aliphatic heterocycles. The lowest BCUT2D eigenvalue weighted by atomic mass is 10.2. The van der Waals surface area contributed by atoms with Crippen molar-refractivity contribution in [1.29, 1.82) is 0 Å². The monoisotopic (exact) mass is 315 g/mol. The van der Waals surface area contributed by atoms with Gasteiger partial charge < -0.3 is 19.5 Å². The summed E-state index contributed by atoms with van der Waals surface area (Å²) >= 11 is 0. The van der Waals surface area contributed by atoms with E-state index in [9.17, 15) is 9.59 Å². The maximum absolute atomic E-state index is 12.0. The van der Waals surface area contributed by atoms with Crippen LogP contribution in [0.4, 0.5) is 4.79 Å². The molecule has 1 saturated carbocycles. The predicted molar refractivity (Wildman–Crippen MR) is 82.5 cm³/mol. The van der Waals surface area contributed by atoms with Crippen LogP contribution in [-0.4, -0.2) is 42.5 Å². The van der Waals surface area contributed by atoms with Crippen molar-refractivity contribution in [1.82, 2.24) is 5.32 Å². The number of ether oxygens (including phenoxy) is 3. The molecule has 1 aliphatic carbocycles. The van der Waals surface area contributed by atoms with Crippen molar-refractivity contribution >= 4 is 12.1 Å². The van der Waals surface area contributed by atoms with E-state index in [4.69, 9.17) is 14.2 Å². The van der Waals surface area contributed by atoms with Crippen LogP contribution in [0.2, 0.25) is 0 Å². The third kappa shape index (κ3) is 7.64. The van der Waals surface area contributed by atoms with E-state index >= 15 is 0 Å². The summed E-state index contributed by atoms with van der Waals surface area (Å²) in [5.74, 6) is 0.165. The van der Waals surface area contributed by atoms with Crippen molar-refractivity contribution in [3.63, 3.8) is 0 Å². The second-order valence-corrected chi connectivity index (χ2v) is 6.99. The predicted octanol–water partition coefficient (Wildman–Crippen LogP) is 2.65. The van der Waals surface area contributed by atoms with E-state index < -0.39 is 23.7 Å². The van der Waals surface area contributed by atoms with Crippen LogP contribution in [0.1, 0.15) is 54.4 Å². The molecule has 6 heteroatoms. The van der Waals surface area contributed by atoms with E-state index in [0.29, 0.717) is 5.92 Å². The SMILES string of the molecule is C[C@H](NC(=O)OC(C)(C)C)C(=O)O[C@@H](C)[C@@H](C)OCC1CC1. The fraction of sp³-hybridized carbons (Fsp3) is 0.875. The topological polar surface area (TPSA) is 73.9 Å². The molecule has 1 rings (SSSR count). The van der Waals surface area contributed by atoms with Crippen LogP contribution in [0.15, 0.2) is 0 Å². The largest absolute Gasteiger partial charge is 0.458 e. The van der Waals surface area contributed by atoms with Crippen molar-refractivity contribution in [2.24, 2.45) is 5.92 Å². The van der Waals surface area contributed by atoms with Gasteiger partial charge in [0.15, 0.2) is 0 Å². The molecule has 1 amide bonds. The number of nitrogens with one attached hydrogen (secondary N) is 1. The van der Waals surface area contributed by atoms with Gasteiger partial charge in [-0.15, -0.1) is 0 Å². The van der Waals surface area contributed by atoms with Gasteiger partial charge in [0.2, 0.25) is 0 Å². The molecule has 1 fully saturated rings. The number of hydrogen-bond acceptors (Lipinski definition) is 5. The zero-order valence-electron chi connectivity index (χ0n) is 14.5. The van der Waals surface area contributed by atoms with Gasteiger partial charge in [-0.05, 0) is 60.3 Å². The van der Waals surface area contributed by atoms with E-state index in [1.54, 1.807) is 34.6 Å². The summed E-state index contributed by atoms with van der Waals surface area (Å²) in [6, 6.07) is -0.770. The second-order valence-electron chi connectivity index (χ2n) is 6.99. The van der Waals surface area contributed by atoms with E-state index in [1.807, 2.05) is 6.92 Å². The van der Waals surface area contributed by atoms with Gasteiger partial charge in [-0.3, -0.25) is 0 Å². The molecule has 0 unspecified atom stereocenters. The first kappa shape index (κ1) is 18.7. The smallest absolute Gasteiger partial charge is 0.408 e. The first-order valence-corrected chi connectivity index (χ1v) is 7.90. The average molecular weight is 315 g/mol. The summed E-state index contributed by atoms with van der Waals surface area (Å²) in [7, 11) is 0. The molecule has 0 saturated heterocycles. The Morgan fingerprint density at radius 3 is 2.23 bits per heavy atom. The molecule has 0 radical (unpaired) electrons. The first-order chi connectivity index (χ1) is 10.1. The molecule has 0 aromatic carbocycles. The third-order valence-corrected chi connectivity index (χ3v) is 3.34. The Bertz CT molecular complexity index is 386. The molecular formula is C16H29NO5. The van der Waals surface area contributed by atoms with Gasteiger partial charge in [0.25, 0.3) is 0 Å². The van der Waals surface area contributed by atoms with E-state index in [2.05, 4.69) is 5.32 Å². The quantitative estimate of drug-likeness (QED) is 0.731. The minimum atomic E-state index is -0.770. The molecule has 0 spiro atoms. The maximum atomic E-state index is 12.0. The Kier molecular flexibility index (Phi) is 6.66. The van der Waals surface area contributed by atoms with E-state index in [1.165, 1.54) is 12.8 Å². The van der Waals surface area contributed by atoms with E-state index in [0.717, 1.165) is 6.61 Å². The molecular weight excluding hydrogens is 286 g/mol. The van der Waals surface area contributed by atoms with Gasteiger partial charge in [-0.2, -0.15) is 0 Å². The molecule has 1 aliphatic rings. The summed E-state index contributed by atoms with van der Waals surface area (Å²) < 4.78 is 16.1. The number of hydrogen-bond donors (Lipinski definition) is 1. The highest BCUT2D eigenvalue weighted by atomic mass is 16.6. The van der Waals surface area contributed by atoms with Crippen LogP contribution in [0.5, 0.6) is 0 Å². The highest BCUT2D eigenvalue weighted by molar-refractivity contribution is 5.81. The van der Waals surface area contributed by atoms with Crippen LogP contribution in [0, 0.1) is 5.92 Å². The summed E-state index contributed by atoms with van der Waals surface area (Å²) in [5, 5.41) is 2.46. The van der Waals surface area contributed by atoms with Gasteiger partial charge >= 0.3 is 12.1 Å². The van der Waals surface area contributed by atoms with Crippen LogP contribution in [0.25, 0.3) is 0 Å². The van der Waals surface area contributed by atoms with Crippen molar-refractivity contribution in [3.8, 4) is 0 Å². The first-order valence-electron chi connectivity index (χ1n) is 7.90. The lowest BCUT2D eigenvalue weighted by Gasteiger charge is -2.24. The Labute approximate surface area is 132 Å². The minimum Gasteiger partial charge on any atom is -0.458 e. The lowest BCUT2D eigenvalue weighted by molar-refractivity contribution is -0.157. The Morgan fingerprint density at radius 2 is 1.73 bits per heavy atom. The van der Waals surface area contributed by atoms with Crippen LogP contribution in [0.3, 0.4) is 0 Å². The maximum Gasteiger partial charge on any atom is 0.408 e. The zero-order valence-corrected chi connectivity index (χ0v) is 14.5. The fourth-order valence-corrected chi connectivity index (χ4v) is 1.63. The van der Waals surface area contributed by atoms with E-state index in [-0.39, 0.29) is 12.2 Å². The van der Waals surface area contributed by atoms with Gasteiger partial charge in [0, 0.05) is 6.61 Å². The number of carbonyl (C=O) groups is 2. The number of alkyl carbamates (subject to hydrolysis) is 1. The second kappa shape index (κ2) is 7.81. The summed E-state index contributed by atoms with van der Waals surface area (Å²) in [6.07, 6.45) is 1.27. The number of amides is 1. The normalized spacial score (nSPS) is 19.0. The Morgan fingerprint density at radius 1 is 1.14 bits per heavy atom. The minimum absolute atomic E-state index is 0.168. The Balaban J connectivity index is 2.30. The molecule has 22 heavy (non-hydrogen) atoms. The van der Waals surface area contributed by atoms with Crippen molar-refractivity contribution in [2.75, 3.05) is 6.61 Å². The van der Waals surface area contributed by atoms with Crippen LogP contribution >= 0.6 is 0 Å². The molecule has 3 atom stereocenters. The molecule has 0 aromatic rings. The number of carbonyl (C=O) groups excluding carboxylic acids is 2. The fourth-order valence-electron chi connectivity index (χ4n) is 1.63. The average Bonchev–Trinajstić information content (AvgIpc) is 3.16. The van der Waals surface area contributed by atoms with Gasteiger partial charge in [0.1, 0.15) is 17.7 Å². The molecule has 128 valence electrons. The summed E-state index contributed by atoms with van der Waals surface area (Å²) in [6.45, 7) is 11.2. The molecule has 0 bridgehead atoms. The number of rotatable bonds is 7. The van der Waals surface area contributed by atoms with Crippen molar-refractivity contribution < 1.29 is 23.8 Å². The molecule has 1 N–H and O–H groups in total. The molecule has 0 heterocycles.